The van der Waals surface area contributed by atoms with Crippen LogP contribution in [0.5, 0.6) is 0 Å². The van der Waals surface area contributed by atoms with E-state index in [1.54, 1.807) is 0 Å². The molecule has 0 bridgehead atoms. The highest BCUT2D eigenvalue weighted by Gasteiger charge is 2.06. The Balaban J connectivity index is 0.000000982. The minimum atomic E-state index is 0.190. The molecular formula is C11H17N6S2-. The summed E-state index contributed by atoms with van der Waals surface area (Å²) in [5.41, 5.74) is 12.2. The van der Waals surface area contributed by atoms with Gasteiger partial charge in [0, 0.05) is 11.4 Å². The number of thiocyanates is 1. The van der Waals surface area contributed by atoms with Crippen molar-refractivity contribution >= 4 is 35.7 Å². The lowest BCUT2D eigenvalue weighted by Crippen LogP contribution is -2.25. The van der Waals surface area contributed by atoms with Gasteiger partial charge >= 0.3 is 0 Å². The average Bonchev–Trinajstić information content (AvgIpc) is 2.65. The van der Waals surface area contributed by atoms with Gasteiger partial charge in [-0.05, 0) is 51.4 Å². The van der Waals surface area contributed by atoms with Gasteiger partial charge < -0.3 is 18.4 Å². The third-order valence-electron chi connectivity index (χ3n) is 2.37. The molecule has 0 saturated heterocycles. The van der Waals surface area contributed by atoms with Crippen LogP contribution in [0.15, 0.2) is 5.10 Å². The first-order valence-electron chi connectivity index (χ1n) is 5.52. The van der Waals surface area contributed by atoms with Gasteiger partial charge in [0.25, 0.3) is 0 Å². The van der Waals surface area contributed by atoms with Crippen molar-refractivity contribution in [2.45, 2.75) is 33.6 Å². The Labute approximate surface area is 123 Å². The third kappa shape index (κ3) is 7.33. The summed E-state index contributed by atoms with van der Waals surface area (Å²) in [5, 5.41) is 19.8. The van der Waals surface area contributed by atoms with E-state index in [0.29, 0.717) is 0 Å². The van der Waals surface area contributed by atoms with Crippen molar-refractivity contribution in [1.29, 1.82) is 5.26 Å². The van der Waals surface area contributed by atoms with E-state index in [1.165, 1.54) is 11.0 Å². The fourth-order valence-electron chi connectivity index (χ4n) is 1.45. The SMILES string of the molecule is CC(CCc1c(C)n[nH]c1C)=NNC(N)=S.N#C[S-]. The summed E-state index contributed by atoms with van der Waals surface area (Å²) in [6.07, 6.45) is 1.78. The van der Waals surface area contributed by atoms with Crippen molar-refractivity contribution in [2.75, 3.05) is 0 Å². The molecule has 8 heteroatoms. The number of nitriles is 1. The van der Waals surface area contributed by atoms with Crippen LogP contribution in [0.2, 0.25) is 0 Å². The Bertz CT molecular complexity index is 466. The lowest BCUT2D eigenvalue weighted by molar-refractivity contribution is 0.957. The fraction of sp³-hybridized carbons (Fsp3) is 0.455. The van der Waals surface area contributed by atoms with Gasteiger partial charge in [0.15, 0.2) is 5.11 Å². The number of nitrogens with zero attached hydrogens (tertiary/aromatic N) is 3. The summed E-state index contributed by atoms with van der Waals surface area (Å²) in [6, 6.07) is 0. The number of nitrogens with two attached hydrogens (primary N) is 1. The zero-order chi connectivity index (χ0) is 14.8. The molecule has 0 unspecified atom stereocenters. The van der Waals surface area contributed by atoms with Crippen molar-refractivity contribution in [3.63, 3.8) is 0 Å². The van der Waals surface area contributed by atoms with Crippen LogP contribution in [0.4, 0.5) is 0 Å². The molecule has 0 fully saturated rings. The second-order valence-electron chi connectivity index (χ2n) is 3.83. The Hall–Kier alpha value is -1.72. The van der Waals surface area contributed by atoms with E-state index in [-0.39, 0.29) is 5.11 Å². The van der Waals surface area contributed by atoms with Crippen LogP contribution >= 0.6 is 12.2 Å². The van der Waals surface area contributed by atoms with E-state index < -0.39 is 0 Å². The number of aromatic nitrogens is 2. The summed E-state index contributed by atoms with van der Waals surface area (Å²) >= 11 is 8.36. The van der Waals surface area contributed by atoms with Gasteiger partial charge in [0.1, 0.15) is 0 Å². The number of hydrogen-bond acceptors (Lipinski definition) is 5. The van der Waals surface area contributed by atoms with Gasteiger partial charge in [0.2, 0.25) is 0 Å². The van der Waals surface area contributed by atoms with Gasteiger partial charge in [-0.2, -0.15) is 10.2 Å². The van der Waals surface area contributed by atoms with Crippen LogP contribution in [0, 0.1) is 24.5 Å². The van der Waals surface area contributed by atoms with Gasteiger partial charge in [-0.3, -0.25) is 10.5 Å². The predicted molar refractivity (Wildman–Crippen MR) is 82.4 cm³/mol. The van der Waals surface area contributed by atoms with Crippen molar-refractivity contribution in [3.05, 3.63) is 17.0 Å². The van der Waals surface area contributed by atoms with E-state index >= 15 is 0 Å². The summed E-state index contributed by atoms with van der Waals surface area (Å²) in [6.45, 7) is 5.96. The largest absolute Gasteiger partial charge is 0.696 e. The summed E-state index contributed by atoms with van der Waals surface area (Å²) in [4.78, 5) is 0. The molecule has 0 radical (unpaired) electrons. The Morgan fingerprint density at radius 1 is 1.63 bits per heavy atom. The quantitative estimate of drug-likeness (QED) is 0.253. The van der Waals surface area contributed by atoms with Crippen LogP contribution in [0.25, 0.3) is 0 Å². The van der Waals surface area contributed by atoms with E-state index in [4.69, 9.17) is 11.0 Å². The number of rotatable bonds is 4. The smallest absolute Gasteiger partial charge is 0.184 e. The number of hydrogen-bond donors (Lipinski definition) is 3. The highest BCUT2D eigenvalue weighted by molar-refractivity contribution is 7.80. The Morgan fingerprint density at radius 2 is 2.21 bits per heavy atom. The zero-order valence-electron chi connectivity index (χ0n) is 11.1. The molecular weight excluding hydrogens is 280 g/mol. The first kappa shape index (κ1) is 17.3. The lowest BCUT2D eigenvalue weighted by Gasteiger charge is -2.02. The lowest BCUT2D eigenvalue weighted by atomic mass is 10.1. The van der Waals surface area contributed by atoms with Crippen LogP contribution < -0.4 is 11.2 Å². The summed E-state index contributed by atoms with van der Waals surface area (Å²) < 4.78 is 0. The van der Waals surface area contributed by atoms with Gasteiger partial charge in [-0.25, -0.2) is 5.26 Å². The monoisotopic (exact) mass is 297 g/mol. The average molecular weight is 297 g/mol. The van der Waals surface area contributed by atoms with E-state index in [9.17, 15) is 0 Å². The molecule has 0 amide bonds. The standard InChI is InChI=1S/C10H17N5S.CHNS/c1-6(12-15-10(11)16)4-5-9-7(2)13-14-8(9)3;2-1-3/h4-5H2,1-3H3,(H,13,14)(H3,11,15,16);3H/p-1. The molecule has 0 aliphatic carbocycles. The first-order chi connectivity index (χ1) is 8.92. The first-order valence-corrected chi connectivity index (χ1v) is 6.34. The highest BCUT2D eigenvalue weighted by Crippen LogP contribution is 2.11. The highest BCUT2D eigenvalue weighted by atomic mass is 32.1. The second kappa shape index (κ2) is 9.24. The molecule has 0 aliphatic heterocycles. The Morgan fingerprint density at radius 3 is 2.63 bits per heavy atom. The molecule has 0 atom stereocenters. The maximum Gasteiger partial charge on any atom is 0.184 e. The van der Waals surface area contributed by atoms with Crippen molar-refractivity contribution in [3.8, 4) is 5.40 Å². The normalized spacial score (nSPS) is 10.1. The fourth-order valence-corrected chi connectivity index (χ4v) is 1.50. The molecule has 6 nitrogen and oxygen atoms in total. The molecule has 1 aromatic heterocycles. The summed E-state index contributed by atoms with van der Waals surface area (Å²) in [7, 11) is 0. The van der Waals surface area contributed by atoms with Crippen LogP contribution in [-0.2, 0) is 19.0 Å². The number of nitrogens with one attached hydrogen (secondary N) is 2. The van der Waals surface area contributed by atoms with Gasteiger partial charge in [0.05, 0.1) is 5.69 Å². The number of hydrazone groups is 1. The van der Waals surface area contributed by atoms with Crippen molar-refractivity contribution < 1.29 is 0 Å². The number of aryl methyl sites for hydroxylation is 2. The number of H-pyrrole nitrogens is 1. The zero-order valence-corrected chi connectivity index (χ0v) is 12.8. The maximum atomic E-state index is 7.13. The molecule has 0 aromatic carbocycles. The van der Waals surface area contributed by atoms with E-state index in [0.717, 1.165) is 29.9 Å². The van der Waals surface area contributed by atoms with Crippen molar-refractivity contribution in [2.24, 2.45) is 10.8 Å². The topological polar surface area (TPSA) is 103 Å². The van der Waals surface area contributed by atoms with Crippen LogP contribution in [-0.4, -0.2) is 21.0 Å². The molecule has 0 spiro atoms. The van der Waals surface area contributed by atoms with Crippen molar-refractivity contribution in [1.82, 2.24) is 15.6 Å². The number of thiocarbonyl (C=S) groups is 1. The molecule has 104 valence electrons. The van der Waals surface area contributed by atoms with E-state index in [2.05, 4.69) is 45.6 Å². The minimum absolute atomic E-state index is 0.190. The van der Waals surface area contributed by atoms with Gasteiger partial charge in [-0.15, -0.1) is 0 Å². The molecule has 19 heavy (non-hydrogen) atoms. The Kier molecular flexibility index (Phi) is 8.41. The third-order valence-corrected chi connectivity index (χ3v) is 2.47. The number of aromatic amines is 1. The van der Waals surface area contributed by atoms with Crippen LogP contribution in [0.3, 0.4) is 0 Å². The minimum Gasteiger partial charge on any atom is -0.696 e. The molecule has 1 rings (SSSR count). The summed E-state index contributed by atoms with van der Waals surface area (Å²) in [5.74, 6) is 0. The second-order valence-corrected chi connectivity index (χ2v) is 4.45. The van der Waals surface area contributed by atoms with E-state index in [1.807, 2.05) is 20.8 Å². The maximum absolute atomic E-state index is 7.13. The van der Waals surface area contributed by atoms with Gasteiger partial charge in [-0.1, -0.05) is 5.40 Å². The molecule has 4 N–H and O–H groups in total. The molecule has 1 aromatic rings. The predicted octanol–water partition coefficient (Wildman–Crippen LogP) is 1.18. The molecule has 1 heterocycles. The molecule has 0 saturated carbocycles. The molecule has 0 aliphatic rings. The van der Waals surface area contributed by atoms with Crippen LogP contribution in [0.1, 0.15) is 30.3 Å².